The summed E-state index contributed by atoms with van der Waals surface area (Å²) in [7, 11) is -1.97. The second-order valence-electron chi connectivity index (χ2n) is 4.72. The quantitative estimate of drug-likeness (QED) is 0.876. The van der Waals surface area contributed by atoms with Gasteiger partial charge in [0.05, 0.1) is 5.69 Å². The third-order valence-corrected chi connectivity index (χ3v) is 6.09. The van der Waals surface area contributed by atoms with Crippen molar-refractivity contribution in [3.63, 3.8) is 0 Å². The molecule has 2 unspecified atom stereocenters. The van der Waals surface area contributed by atoms with E-state index in [0.29, 0.717) is 21.9 Å². The number of hydrogen-bond donors (Lipinski definition) is 2. The highest BCUT2D eigenvalue weighted by molar-refractivity contribution is 7.99. The third-order valence-electron chi connectivity index (χ3n) is 3.52. The number of para-hydroxylation sites is 1. The highest BCUT2D eigenvalue weighted by Crippen LogP contribution is 2.31. The van der Waals surface area contributed by atoms with Gasteiger partial charge in [0.25, 0.3) is 0 Å². The molecule has 0 aromatic heterocycles. The highest BCUT2D eigenvalue weighted by Gasteiger charge is 2.25. The Kier molecular flexibility index (Phi) is 4.76. The Bertz CT molecular complexity index is 531. The fourth-order valence-electron chi connectivity index (χ4n) is 2.44. The van der Waals surface area contributed by atoms with Crippen molar-refractivity contribution in [1.29, 1.82) is 0 Å². The number of nitrogens with one attached hydrogen (secondary N) is 2. The summed E-state index contributed by atoms with van der Waals surface area (Å²) in [6.07, 6.45) is 5.51. The molecule has 1 aromatic carbocycles. The molecule has 2 N–H and O–H groups in total. The van der Waals surface area contributed by atoms with Crippen LogP contribution in [-0.2, 0) is 10.0 Å². The number of rotatable bonds is 5. The molecule has 106 valence electrons. The van der Waals surface area contributed by atoms with Crippen LogP contribution in [-0.4, -0.2) is 33.0 Å². The minimum absolute atomic E-state index is 0.324. The molecule has 0 spiro atoms. The molecule has 1 aliphatic rings. The van der Waals surface area contributed by atoms with Gasteiger partial charge in [-0.2, -0.15) is 11.8 Å². The molecule has 2 atom stereocenters. The first-order valence-electron chi connectivity index (χ1n) is 6.38. The van der Waals surface area contributed by atoms with E-state index in [-0.39, 0.29) is 0 Å². The van der Waals surface area contributed by atoms with Crippen LogP contribution in [0.5, 0.6) is 0 Å². The zero-order chi connectivity index (χ0) is 13.9. The van der Waals surface area contributed by atoms with E-state index < -0.39 is 10.0 Å². The predicted molar refractivity (Wildman–Crippen MR) is 81.3 cm³/mol. The molecule has 1 aliphatic carbocycles. The van der Waals surface area contributed by atoms with E-state index in [4.69, 9.17) is 0 Å². The number of sulfonamides is 1. The maximum Gasteiger partial charge on any atom is 0.242 e. The minimum atomic E-state index is -3.41. The summed E-state index contributed by atoms with van der Waals surface area (Å²) in [5.41, 5.74) is 0.698. The topological polar surface area (TPSA) is 58.2 Å². The lowest BCUT2D eigenvalue weighted by atomic mass is 10.2. The summed E-state index contributed by atoms with van der Waals surface area (Å²) in [6.45, 7) is 0. The second-order valence-corrected chi connectivity index (χ2v) is 7.71. The van der Waals surface area contributed by atoms with Gasteiger partial charge in [0.15, 0.2) is 0 Å². The fourth-order valence-corrected chi connectivity index (χ4v) is 4.13. The van der Waals surface area contributed by atoms with Gasteiger partial charge in [0.2, 0.25) is 10.0 Å². The lowest BCUT2D eigenvalue weighted by Crippen LogP contribution is -2.22. The highest BCUT2D eigenvalue weighted by atomic mass is 32.2. The van der Waals surface area contributed by atoms with Gasteiger partial charge in [-0.15, -0.1) is 0 Å². The predicted octanol–water partition coefficient (Wildman–Crippen LogP) is 2.29. The van der Waals surface area contributed by atoms with Gasteiger partial charge in [-0.05, 0) is 44.7 Å². The molecule has 2 rings (SSSR count). The lowest BCUT2D eigenvalue weighted by Gasteiger charge is -2.17. The van der Waals surface area contributed by atoms with E-state index in [1.807, 2.05) is 23.9 Å². The number of hydrogen-bond acceptors (Lipinski definition) is 4. The Morgan fingerprint density at radius 3 is 2.63 bits per heavy atom. The van der Waals surface area contributed by atoms with Crippen LogP contribution in [0.3, 0.4) is 0 Å². The largest absolute Gasteiger partial charge is 0.381 e. The van der Waals surface area contributed by atoms with Crippen LogP contribution in [0.15, 0.2) is 29.2 Å². The monoisotopic (exact) mass is 300 g/mol. The van der Waals surface area contributed by atoms with Gasteiger partial charge in [-0.1, -0.05) is 12.1 Å². The van der Waals surface area contributed by atoms with E-state index in [1.54, 1.807) is 12.1 Å². The van der Waals surface area contributed by atoms with Crippen molar-refractivity contribution >= 4 is 27.5 Å². The van der Waals surface area contributed by atoms with E-state index in [9.17, 15) is 8.42 Å². The molecule has 0 amide bonds. The molecule has 4 nitrogen and oxygen atoms in total. The molecule has 6 heteroatoms. The Morgan fingerprint density at radius 2 is 2.00 bits per heavy atom. The molecule has 0 aliphatic heterocycles. The summed E-state index contributed by atoms with van der Waals surface area (Å²) in [5.74, 6) is 0. The lowest BCUT2D eigenvalue weighted by molar-refractivity contribution is 0.588. The van der Waals surface area contributed by atoms with Crippen molar-refractivity contribution in [1.82, 2.24) is 4.72 Å². The van der Waals surface area contributed by atoms with Gasteiger partial charge in [-0.3, -0.25) is 0 Å². The normalized spacial score (nSPS) is 23.5. The Balaban J connectivity index is 2.18. The molecule has 0 heterocycles. The Labute approximate surface area is 119 Å². The van der Waals surface area contributed by atoms with Crippen LogP contribution in [0, 0.1) is 0 Å². The molecular formula is C13H20N2O2S2. The van der Waals surface area contributed by atoms with Crippen molar-refractivity contribution in [2.75, 3.05) is 18.6 Å². The average molecular weight is 300 g/mol. The SMILES string of the molecule is CNS(=O)(=O)c1ccccc1NC1CCC(SC)C1. The maximum absolute atomic E-state index is 12.0. The molecule has 1 aromatic rings. The van der Waals surface area contributed by atoms with E-state index in [1.165, 1.54) is 13.5 Å². The van der Waals surface area contributed by atoms with Gasteiger partial charge < -0.3 is 5.32 Å². The first kappa shape index (κ1) is 14.7. The number of anilines is 1. The summed E-state index contributed by atoms with van der Waals surface area (Å²) in [5, 5.41) is 4.07. The molecule has 0 radical (unpaired) electrons. The van der Waals surface area contributed by atoms with Gasteiger partial charge in [0.1, 0.15) is 4.90 Å². The van der Waals surface area contributed by atoms with E-state index >= 15 is 0 Å². The second kappa shape index (κ2) is 6.15. The van der Waals surface area contributed by atoms with E-state index in [0.717, 1.165) is 12.8 Å². The molecule has 19 heavy (non-hydrogen) atoms. The van der Waals surface area contributed by atoms with Gasteiger partial charge in [-0.25, -0.2) is 13.1 Å². The Morgan fingerprint density at radius 1 is 1.26 bits per heavy atom. The van der Waals surface area contributed by atoms with Crippen LogP contribution in [0.4, 0.5) is 5.69 Å². The number of thioether (sulfide) groups is 1. The van der Waals surface area contributed by atoms with Crippen LogP contribution in [0.2, 0.25) is 0 Å². The van der Waals surface area contributed by atoms with E-state index in [2.05, 4.69) is 16.3 Å². The van der Waals surface area contributed by atoms with Gasteiger partial charge >= 0.3 is 0 Å². The smallest absolute Gasteiger partial charge is 0.242 e. The number of benzene rings is 1. The molecular weight excluding hydrogens is 280 g/mol. The molecule has 0 bridgehead atoms. The van der Waals surface area contributed by atoms with Crippen LogP contribution in [0.1, 0.15) is 19.3 Å². The van der Waals surface area contributed by atoms with Crippen LogP contribution in [0.25, 0.3) is 0 Å². The standard InChI is InChI=1S/C13H20N2O2S2/c1-14-19(16,17)13-6-4-3-5-12(13)15-10-7-8-11(9-10)18-2/h3-6,10-11,14-15H,7-9H2,1-2H3. The first-order chi connectivity index (χ1) is 9.06. The molecule has 1 saturated carbocycles. The molecule has 1 fully saturated rings. The first-order valence-corrected chi connectivity index (χ1v) is 9.16. The van der Waals surface area contributed by atoms with Crippen molar-refractivity contribution in [3.05, 3.63) is 24.3 Å². The Hall–Kier alpha value is -0.720. The van der Waals surface area contributed by atoms with Crippen LogP contribution < -0.4 is 10.0 Å². The zero-order valence-corrected chi connectivity index (χ0v) is 12.9. The van der Waals surface area contributed by atoms with Crippen molar-refractivity contribution in [2.24, 2.45) is 0 Å². The summed E-state index contributed by atoms with van der Waals surface area (Å²) >= 11 is 1.89. The summed E-state index contributed by atoms with van der Waals surface area (Å²) in [6, 6.07) is 7.43. The fraction of sp³-hybridized carbons (Fsp3) is 0.538. The van der Waals surface area contributed by atoms with Crippen LogP contribution >= 0.6 is 11.8 Å². The summed E-state index contributed by atoms with van der Waals surface area (Å²) in [4.78, 5) is 0.324. The molecule has 0 saturated heterocycles. The minimum Gasteiger partial charge on any atom is -0.381 e. The van der Waals surface area contributed by atoms with Crippen molar-refractivity contribution in [2.45, 2.75) is 35.4 Å². The third kappa shape index (κ3) is 3.43. The average Bonchev–Trinajstić information content (AvgIpc) is 2.87. The maximum atomic E-state index is 12.0. The zero-order valence-electron chi connectivity index (χ0n) is 11.2. The van der Waals surface area contributed by atoms with Gasteiger partial charge in [0, 0.05) is 11.3 Å². The van der Waals surface area contributed by atoms with Crippen molar-refractivity contribution in [3.8, 4) is 0 Å². The van der Waals surface area contributed by atoms with Crippen molar-refractivity contribution < 1.29 is 8.42 Å². The summed E-state index contributed by atoms with van der Waals surface area (Å²) < 4.78 is 26.3.